The van der Waals surface area contributed by atoms with Crippen LogP contribution >= 0.6 is 0 Å². The molecule has 0 saturated heterocycles. The Morgan fingerprint density at radius 3 is 3.23 bits per heavy atom. The van der Waals surface area contributed by atoms with Crippen molar-refractivity contribution in [3.8, 4) is 0 Å². The molecule has 0 aliphatic carbocycles. The summed E-state index contributed by atoms with van der Waals surface area (Å²) in [5.74, 6) is 0.229. The van der Waals surface area contributed by atoms with E-state index in [2.05, 4.69) is 9.55 Å². The Morgan fingerprint density at radius 1 is 1.62 bits per heavy atom. The molecule has 0 atom stereocenters. The lowest BCUT2D eigenvalue weighted by atomic mass is 10.3. The number of fused-ring (bicyclic) bond motifs is 1. The molecular weight excluding hydrogens is 166 g/mol. The number of imidazole rings is 1. The Kier molecular flexibility index (Phi) is 2.04. The maximum Gasteiger partial charge on any atom is 0.222 e. The van der Waals surface area contributed by atoms with Crippen LogP contribution in [0.4, 0.5) is 0 Å². The molecule has 0 fully saturated rings. The van der Waals surface area contributed by atoms with E-state index in [4.69, 9.17) is 0 Å². The van der Waals surface area contributed by atoms with Gasteiger partial charge < -0.3 is 9.47 Å². The molecule has 0 N–H and O–H groups in total. The third kappa shape index (κ3) is 1.43. The molecule has 1 amide bonds. The van der Waals surface area contributed by atoms with Gasteiger partial charge in [0.25, 0.3) is 0 Å². The summed E-state index contributed by atoms with van der Waals surface area (Å²) in [6.07, 6.45) is 4.24. The normalized spacial score (nSPS) is 15.6. The molecular formula is C9H13N3O. The molecule has 70 valence electrons. The molecule has 1 aliphatic rings. The predicted octanol–water partition coefficient (Wildman–Crippen LogP) is 0.635. The first-order chi connectivity index (χ1) is 6.31. The van der Waals surface area contributed by atoms with Crippen LogP contribution in [-0.2, 0) is 17.9 Å². The molecule has 0 spiro atoms. The van der Waals surface area contributed by atoms with Crippen LogP contribution in [0.15, 0.2) is 12.5 Å². The molecule has 2 heterocycles. The van der Waals surface area contributed by atoms with E-state index >= 15 is 0 Å². The monoisotopic (exact) mass is 179 g/mol. The molecule has 0 radical (unpaired) electrons. The predicted molar refractivity (Wildman–Crippen MR) is 47.9 cm³/mol. The minimum Gasteiger partial charge on any atom is -0.335 e. The highest BCUT2D eigenvalue weighted by Crippen LogP contribution is 2.11. The number of carbonyl (C=O) groups is 1. The number of hydrogen-bond donors (Lipinski definition) is 0. The average molecular weight is 179 g/mol. The first-order valence-corrected chi connectivity index (χ1v) is 4.58. The van der Waals surface area contributed by atoms with E-state index in [9.17, 15) is 4.79 Å². The summed E-state index contributed by atoms with van der Waals surface area (Å²) in [6, 6.07) is 0. The van der Waals surface area contributed by atoms with Gasteiger partial charge in [0.2, 0.25) is 5.91 Å². The van der Waals surface area contributed by atoms with Crippen molar-refractivity contribution in [2.45, 2.75) is 26.4 Å². The van der Waals surface area contributed by atoms with Crippen molar-refractivity contribution in [1.82, 2.24) is 14.5 Å². The fourth-order valence-electron chi connectivity index (χ4n) is 1.62. The molecule has 1 aromatic rings. The molecule has 2 rings (SSSR count). The Hall–Kier alpha value is -1.32. The van der Waals surface area contributed by atoms with Crippen LogP contribution in [0, 0.1) is 0 Å². The number of rotatable bonds is 1. The highest BCUT2D eigenvalue weighted by Gasteiger charge is 2.18. The maximum absolute atomic E-state index is 11.4. The molecule has 0 bridgehead atoms. The molecule has 0 unspecified atom stereocenters. The number of carbonyl (C=O) groups excluding carboxylic acids is 1. The third-order valence-electron chi connectivity index (χ3n) is 2.42. The zero-order valence-electron chi connectivity index (χ0n) is 7.73. The lowest BCUT2D eigenvalue weighted by molar-refractivity contribution is -0.132. The van der Waals surface area contributed by atoms with Crippen molar-refractivity contribution < 1.29 is 4.79 Å². The van der Waals surface area contributed by atoms with Crippen molar-refractivity contribution in [3.05, 3.63) is 18.2 Å². The smallest absolute Gasteiger partial charge is 0.222 e. The number of amides is 1. The van der Waals surface area contributed by atoms with Gasteiger partial charge in [0, 0.05) is 25.7 Å². The number of aromatic nitrogens is 2. The SMILES string of the molecule is CCC(=O)N1CCn2cncc2C1. The second-order valence-corrected chi connectivity index (χ2v) is 3.25. The van der Waals surface area contributed by atoms with Gasteiger partial charge in [-0.2, -0.15) is 0 Å². The molecule has 0 saturated carbocycles. The van der Waals surface area contributed by atoms with Gasteiger partial charge in [-0.15, -0.1) is 0 Å². The summed E-state index contributed by atoms with van der Waals surface area (Å²) in [5, 5.41) is 0. The lowest BCUT2D eigenvalue weighted by Gasteiger charge is -2.27. The van der Waals surface area contributed by atoms with Gasteiger partial charge in [-0.1, -0.05) is 6.92 Å². The summed E-state index contributed by atoms with van der Waals surface area (Å²) >= 11 is 0. The van der Waals surface area contributed by atoms with Crippen molar-refractivity contribution >= 4 is 5.91 Å². The van der Waals surface area contributed by atoms with Crippen LogP contribution < -0.4 is 0 Å². The van der Waals surface area contributed by atoms with Crippen LogP contribution in [0.5, 0.6) is 0 Å². The minimum absolute atomic E-state index is 0.229. The van der Waals surface area contributed by atoms with Crippen molar-refractivity contribution in [2.24, 2.45) is 0 Å². The molecule has 4 nitrogen and oxygen atoms in total. The zero-order chi connectivity index (χ0) is 9.26. The van der Waals surface area contributed by atoms with E-state index in [-0.39, 0.29) is 5.91 Å². The Bertz CT molecular complexity index is 318. The molecule has 0 aromatic carbocycles. The number of hydrogen-bond acceptors (Lipinski definition) is 2. The fourth-order valence-corrected chi connectivity index (χ4v) is 1.62. The number of nitrogens with zero attached hydrogens (tertiary/aromatic N) is 3. The van der Waals surface area contributed by atoms with Gasteiger partial charge in [-0.25, -0.2) is 4.98 Å². The van der Waals surface area contributed by atoms with Gasteiger partial charge in [0.15, 0.2) is 0 Å². The van der Waals surface area contributed by atoms with Crippen LogP contribution in [0.1, 0.15) is 19.0 Å². The maximum atomic E-state index is 11.4. The van der Waals surface area contributed by atoms with E-state index in [0.29, 0.717) is 13.0 Å². The topological polar surface area (TPSA) is 38.1 Å². The van der Waals surface area contributed by atoms with E-state index in [1.165, 1.54) is 0 Å². The minimum atomic E-state index is 0.229. The zero-order valence-corrected chi connectivity index (χ0v) is 7.73. The van der Waals surface area contributed by atoms with Crippen LogP contribution in [-0.4, -0.2) is 26.9 Å². The molecule has 1 aromatic heterocycles. The van der Waals surface area contributed by atoms with E-state index in [1.807, 2.05) is 24.3 Å². The molecule has 13 heavy (non-hydrogen) atoms. The summed E-state index contributed by atoms with van der Waals surface area (Å²) in [4.78, 5) is 17.3. The second kappa shape index (κ2) is 3.20. The summed E-state index contributed by atoms with van der Waals surface area (Å²) < 4.78 is 2.10. The van der Waals surface area contributed by atoms with Crippen LogP contribution in [0.25, 0.3) is 0 Å². The van der Waals surface area contributed by atoms with Gasteiger partial charge in [0.05, 0.1) is 18.6 Å². The Morgan fingerprint density at radius 2 is 2.46 bits per heavy atom. The molecule has 4 heteroatoms. The van der Waals surface area contributed by atoms with E-state index in [1.54, 1.807) is 0 Å². The van der Waals surface area contributed by atoms with Crippen molar-refractivity contribution in [2.75, 3.05) is 6.54 Å². The van der Waals surface area contributed by atoms with Gasteiger partial charge >= 0.3 is 0 Å². The van der Waals surface area contributed by atoms with E-state index < -0.39 is 0 Å². The van der Waals surface area contributed by atoms with Crippen LogP contribution in [0.3, 0.4) is 0 Å². The Labute approximate surface area is 77.2 Å². The lowest BCUT2D eigenvalue weighted by Crippen LogP contribution is -2.37. The van der Waals surface area contributed by atoms with Crippen LogP contribution in [0.2, 0.25) is 0 Å². The largest absolute Gasteiger partial charge is 0.335 e. The highest BCUT2D eigenvalue weighted by atomic mass is 16.2. The van der Waals surface area contributed by atoms with Gasteiger partial charge in [0.1, 0.15) is 0 Å². The van der Waals surface area contributed by atoms with E-state index in [0.717, 1.165) is 18.8 Å². The van der Waals surface area contributed by atoms with Gasteiger partial charge in [-0.05, 0) is 0 Å². The van der Waals surface area contributed by atoms with Gasteiger partial charge in [-0.3, -0.25) is 4.79 Å². The first-order valence-electron chi connectivity index (χ1n) is 4.58. The summed E-state index contributed by atoms with van der Waals surface area (Å²) in [7, 11) is 0. The first kappa shape index (κ1) is 8.29. The summed E-state index contributed by atoms with van der Waals surface area (Å²) in [6.45, 7) is 4.30. The summed E-state index contributed by atoms with van der Waals surface area (Å²) in [5.41, 5.74) is 1.13. The standard InChI is InChI=1S/C9H13N3O/c1-2-9(13)11-3-4-12-7-10-5-8(12)6-11/h5,7H,2-4,6H2,1H3. The molecule has 1 aliphatic heterocycles. The second-order valence-electron chi connectivity index (χ2n) is 3.25. The Balaban J connectivity index is 2.13. The third-order valence-corrected chi connectivity index (χ3v) is 2.42. The highest BCUT2D eigenvalue weighted by molar-refractivity contribution is 5.75. The fraction of sp³-hybridized carbons (Fsp3) is 0.556. The van der Waals surface area contributed by atoms with Crippen molar-refractivity contribution in [3.63, 3.8) is 0 Å². The average Bonchev–Trinajstić information content (AvgIpc) is 2.63. The van der Waals surface area contributed by atoms with Crippen molar-refractivity contribution in [1.29, 1.82) is 0 Å². The quantitative estimate of drug-likeness (QED) is 0.634.